The van der Waals surface area contributed by atoms with E-state index in [0.717, 1.165) is 40.0 Å². The number of para-hydroxylation sites is 1. The first kappa shape index (κ1) is 33.3. The number of amides is 2. The largest absolute Gasteiger partial charge is 0.489 e. The van der Waals surface area contributed by atoms with Crippen molar-refractivity contribution in [2.24, 2.45) is 0 Å². The van der Waals surface area contributed by atoms with Crippen molar-refractivity contribution in [1.82, 2.24) is 20.0 Å². The summed E-state index contributed by atoms with van der Waals surface area (Å²) in [5.74, 6) is -0.0736. The van der Waals surface area contributed by atoms with E-state index in [1.165, 1.54) is 12.1 Å². The maximum Gasteiger partial charge on any atom is 0.435 e. The van der Waals surface area contributed by atoms with Crippen LogP contribution in [-0.4, -0.2) is 44.9 Å². The van der Waals surface area contributed by atoms with E-state index in [9.17, 15) is 22.8 Å². The predicted molar refractivity (Wildman–Crippen MR) is 178 cm³/mol. The quantitative estimate of drug-likeness (QED) is 0.126. The Kier molecular flexibility index (Phi) is 9.68. The molecule has 2 amide bonds. The van der Waals surface area contributed by atoms with Crippen LogP contribution in [0.1, 0.15) is 57.3 Å². The second-order valence-electron chi connectivity index (χ2n) is 11.8. The maximum atomic E-state index is 13.8. The second-order valence-corrected chi connectivity index (χ2v) is 11.8. The molecule has 1 saturated carbocycles. The minimum atomic E-state index is -4.81. The molecule has 5 aromatic rings. The molecule has 0 spiro atoms. The number of halogens is 3. The second kappa shape index (κ2) is 14.2. The van der Waals surface area contributed by atoms with E-state index < -0.39 is 23.9 Å². The minimum Gasteiger partial charge on any atom is -0.489 e. The Balaban J connectivity index is 1.30. The van der Waals surface area contributed by atoms with Gasteiger partial charge in [0.1, 0.15) is 18.1 Å². The molecule has 1 fully saturated rings. The van der Waals surface area contributed by atoms with Gasteiger partial charge in [-0.3, -0.25) is 9.69 Å². The number of aromatic nitrogens is 2. The molecule has 252 valence electrons. The molecular formula is C37H34F3N5O4. The van der Waals surface area contributed by atoms with Gasteiger partial charge in [0.2, 0.25) is 0 Å². The van der Waals surface area contributed by atoms with Gasteiger partial charge < -0.3 is 20.5 Å². The average molecular weight is 670 g/mol. The van der Waals surface area contributed by atoms with Crippen LogP contribution < -0.4 is 15.4 Å². The number of carbonyl (C=O) groups excluding carboxylic acids is 1. The van der Waals surface area contributed by atoms with Gasteiger partial charge in [0, 0.05) is 29.9 Å². The molecule has 12 heteroatoms. The van der Waals surface area contributed by atoms with Gasteiger partial charge in [0.05, 0.1) is 11.7 Å². The molecule has 1 aliphatic rings. The summed E-state index contributed by atoms with van der Waals surface area (Å²) in [7, 11) is 2.05. The van der Waals surface area contributed by atoms with Crippen LogP contribution in [0.2, 0.25) is 0 Å². The molecule has 9 nitrogen and oxygen atoms in total. The number of carboxylic acid groups (broad SMARTS) is 1. The van der Waals surface area contributed by atoms with Crippen LogP contribution in [-0.2, 0) is 19.3 Å². The SMILES string of the molecule is CN(C1CC1)C(c1cccc(NC(=O)c2cc(C(F)(F)F)nn2-c2cccc(CNC(=O)O)c2)c1)c1ccccc1OCc1ccccc1. The Hall–Kier alpha value is -5.62. The number of nitrogens with zero attached hydrogens (tertiary/aromatic N) is 3. The number of rotatable bonds is 12. The van der Waals surface area contributed by atoms with Crippen LogP contribution in [0.5, 0.6) is 5.75 Å². The van der Waals surface area contributed by atoms with Crippen LogP contribution in [0, 0.1) is 0 Å². The topological polar surface area (TPSA) is 109 Å². The summed E-state index contributed by atoms with van der Waals surface area (Å²) in [4.78, 5) is 26.9. The van der Waals surface area contributed by atoms with E-state index in [1.54, 1.807) is 24.3 Å². The first-order chi connectivity index (χ1) is 23.6. The zero-order valence-electron chi connectivity index (χ0n) is 26.5. The molecule has 1 unspecified atom stereocenters. The highest BCUT2D eigenvalue weighted by Crippen LogP contribution is 2.41. The highest BCUT2D eigenvalue weighted by Gasteiger charge is 2.37. The van der Waals surface area contributed by atoms with Gasteiger partial charge in [-0.2, -0.15) is 18.3 Å². The number of hydrogen-bond acceptors (Lipinski definition) is 5. The monoisotopic (exact) mass is 669 g/mol. The van der Waals surface area contributed by atoms with Crippen LogP contribution >= 0.6 is 0 Å². The molecule has 0 radical (unpaired) electrons. The zero-order chi connectivity index (χ0) is 34.5. The van der Waals surface area contributed by atoms with E-state index in [0.29, 0.717) is 30.0 Å². The van der Waals surface area contributed by atoms with Crippen LogP contribution in [0.15, 0.2) is 109 Å². The number of ether oxygens (including phenoxy) is 1. The van der Waals surface area contributed by atoms with Gasteiger partial charge >= 0.3 is 12.3 Å². The molecule has 49 heavy (non-hydrogen) atoms. The van der Waals surface area contributed by atoms with Crippen LogP contribution in [0.4, 0.5) is 23.7 Å². The average Bonchev–Trinajstić information content (AvgIpc) is 3.84. The molecule has 4 aromatic carbocycles. The Morgan fingerprint density at radius 1 is 0.939 bits per heavy atom. The fourth-order valence-corrected chi connectivity index (χ4v) is 5.74. The van der Waals surface area contributed by atoms with Crippen molar-refractivity contribution in [3.05, 3.63) is 143 Å². The summed E-state index contributed by atoms with van der Waals surface area (Å²) in [5, 5.41) is 17.7. The van der Waals surface area contributed by atoms with E-state index in [2.05, 4.69) is 27.7 Å². The van der Waals surface area contributed by atoms with Gasteiger partial charge in [0.25, 0.3) is 5.91 Å². The first-order valence-corrected chi connectivity index (χ1v) is 15.7. The molecule has 6 rings (SSSR count). The smallest absolute Gasteiger partial charge is 0.435 e. The summed E-state index contributed by atoms with van der Waals surface area (Å²) in [6, 6.07) is 31.9. The van der Waals surface area contributed by atoms with Gasteiger partial charge in [-0.05, 0) is 66.9 Å². The van der Waals surface area contributed by atoms with Crippen molar-refractivity contribution in [3.63, 3.8) is 0 Å². The fraction of sp³-hybridized carbons (Fsp3) is 0.216. The van der Waals surface area contributed by atoms with E-state index in [-0.39, 0.29) is 24.0 Å². The third-order valence-corrected chi connectivity index (χ3v) is 8.27. The van der Waals surface area contributed by atoms with Crippen LogP contribution in [0.25, 0.3) is 5.69 Å². The first-order valence-electron chi connectivity index (χ1n) is 15.7. The van der Waals surface area contributed by atoms with Crippen molar-refractivity contribution >= 4 is 17.7 Å². The van der Waals surface area contributed by atoms with Gasteiger partial charge in [0.15, 0.2) is 5.69 Å². The molecular weight excluding hydrogens is 635 g/mol. The number of anilines is 1. The summed E-state index contributed by atoms with van der Waals surface area (Å²) >= 11 is 0. The molecule has 1 aromatic heterocycles. The molecule has 1 heterocycles. The molecule has 0 bridgehead atoms. The van der Waals surface area contributed by atoms with Crippen molar-refractivity contribution in [1.29, 1.82) is 0 Å². The predicted octanol–water partition coefficient (Wildman–Crippen LogP) is 7.67. The Bertz CT molecular complexity index is 1940. The van der Waals surface area contributed by atoms with E-state index >= 15 is 0 Å². The molecule has 0 aliphatic heterocycles. The van der Waals surface area contributed by atoms with Gasteiger partial charge in [-0.1, -0.05) is 72.8 Å². The van der Waals surface area contributed by atoms with E-state index in [1.807, 2.05) is 66.7 Å². The maximum absolute atomic E-state index is 13.8. The fourth-order valence-electron chi connectivity index (χ4n) is 5.74. The number of carbonyl (C=O) groups is 2. The van der Waals surface area contributed by atoms with Crippen molar-refractivity contribution in [2.75, 3.05) is 12.4 Å². The highest BCUT2D eigenvalue weighted by molar-refractivity contribution is 6.03. The summed E-state index contributed by atoms with van der Waals surface area (Å²) in [6.45, 7) is 0.308. The van der Waals surface area contributed by atoms with Gasteiger partial charge in [-0.15, -0.1) is 0 Å². The normalized spacial score (nSPS) is 13.6. The highest BCUT2D eigenvalue weighted by atomic mass is 19.4. The standard InChI is InChI=1S/C37H34F3N5O4/c1-44(28-17-18-28)34(30-15-5-6-16-32(30)49-23-24-9-3-2-4-10-24)26-12-8-13-27(20-26)42-35(46)31-21-33(37(38,39)40)43-45(31)29-14-7-11-25(19-29)22-41-36(47)48/h2-16,19-21,28,34,41H,17-18,22-23H2,1H3,(H,42,46)(H,47,48). The number of alkyl halides is 3. The Labute approximate surface area is 280 Å². The summed E-state index contributed by atoms with van der Waals surface area (Å²) in [5.41, 5.74) is 2.30. The molecule has 1 atom stereocenters. The lowest BCUT2D eigenvalue weighted by atomic mass is 9.95. The molecule has 0 saturated heterocycles. The lowest BCUT2D eigenvalue weighted by Crippen LogP contribution is -2.28. The molecule has 3 N–H and O–H groups in total. The van der Waals surface area contributed by atoms with Crippen molar-refractivity contribution < 1.29 is 32.6 Å². The Morgan fingerprint density at radius 3 is 2.39 bits per heavy atom. The lowest BCUT2D eigenvalue weighted by molar-refractivity contribution is -0.141. The number of nitrogens with one attached hydrogen (secondary N) is 2. The third-order valence-electron chi connectivity index (χ3n) is 8.27. The number of benzene rings is 4. The van der Waals surface area contributed by atoms with Crippen LogP contribution in [0.3, 0.4) is 0 Å². The van der Waals surface area contributed by atoms with Crippen molar-refractivity contribution in [2.45, 2.75) is 44.3 Å². The Morgan fingerprint density at radius 2 is 1.65 bits per heavy atom. The number of hydrogen-bond donors (Lipinski definition) is 3. The third kappa shape index (κ3) is 8.10. The lowest BCUT2D eigenvalue weighted by Gasteiger charge is -2.30. The van der Waals surface area contributed by atoms with Crippen molar-refractivity contribution in [3.8, 4) is 11.4 Å². The van der Waals surface area contributed by atoms with E-state index in [4.69, 9.17) is 9.84 Å². The zero-order valence-corrected chi connectivity index (χ0v) is 26.5. The summed E-state index contributed by atoms with van der Waals surface area (Å²) < 4.78 is 48.7. The summed E-state index contributed by atoms with van der Waals surface area (Å²) in [6.07, 6.45) is -3.95. The minimum absolute atomic E-state index is 0.0816. The molecule has 1 aliphatic carbocycles. The van der Waals surface area contributed by atoms with Gasteiger partial charge in [-0.25, -0.2) is 9.48 Å².